The molecule has 0 aromatic heterocycles. The van der Waals surface area contributed by atoms with Gasteiger partial charge in [0.25, 0.3) is 5.91 Å². The molecule has 138 valence electrons. The number of rotatable bonds is 1. The van der Waals surface area contributed by atoms with Crippen molar-refractivity contribution in [3.8, 4) is 0 Å². The molecule has 1 atom stereocenters. The highest BCUT2D eigenvalue weighted by molar-refractivity contribution is 9.10. The molecule has 0 bridgehead atoms. The zero-order valence-electron chi connectivity index (χ0n) is 15.2. The number of ether oxygens (including phenoxy) is 1. The number of piperazine rings is 1. The van der Waals surface area contributed by atoms with E-state index in [-0.39, 0.29) is 17.5 Å². The fourth-order valence-electron chi connectivity index (χ4n) is 2.81. The molecule has 0 aliphatic carbocycles. The van der Waals surface area contributed by atoms with Crippen molar-refractivity contribution in [3.05, 3.63) is 33.5 Å². The minimum absolute atomic E-state index is 0.0759. The molecule has 2 amide bonds. The topological polar surface area (TPSA) is 49.9 Å². The molecular formula is C18H24BrFN2O3. The number of halogens is 2. The van der Waals surface area contributed by atoms with Crippen molar-refractivity contribution in [2.45, 2.75) is 46.3 Å². The minimum Gasteiger partial charge on any atom is -0.444 e. The lowest BCUT2D eigenvalue weighted by molar-refractivity contribution is 0.00605. The maximum Gasteiger partial charge on any atom is 0.410 e. The Balaban J connectivity index is 2.13. The Hall–Kier alpha value is -1.63. The maximum atomic E-state index is 14.2. The van der Waals surface area contributed by atoms with E-state index < -0.39 is 17.5 Å². The van der Waals surface area contributed by atoms with Crippen LogP contribution in [0.15, 0.2) is 16.6 Å². The van der Waals surface area contributed by atoms with Gasteiger partial charge in [0.2, 0.25) is 0 Å². The van der Waals surface area contributed by atoms with Gasteiger partial charge in [-0.3, -0.25) is 4.79 Å². The van der Waals surface area contributed by atoms with Gasteiger partial charge in [-0.05, 0) is 52.3 Å². The van der Waals surface area contributed by atoms with Gasteiger partial charge in [-0.15, -0.1) is 0 Å². The lowest BCUT2D eigenvalue weighted by Crippen LogP contribution is -2.56. The lowest BCUT2D eigenvalue weighted by Gasteiger charge is -2.40. The molecule has 1 aromatic carbocycles. The molecule has 0 N–H and O–H groups in total. The third kappa shape index (κ3) is 4.51. The summed E-state index contributed by atoms with van der Waals surface area (Å²) in [4.78, 5) is 28.2. The number of hydrogen-bond donors (Lipinski definition) is 0. The van der Waals surface area contributed by atoms with E-state index in [1.54, 1.807) is 22.8 Å². The number of carbonyl (C=O) groups excluding carboxylic acids is 2. The Morgan fingerprint density at radius 3 is 2.48 bits per heavy atom. The van der Waals surface area contributed by atoms with E-state index >= 15 is 0 Å². The minimum atomic E-state index is -0.566. The first-order chi connectivity index (χ1) is 11.5. The van der Waals surface area contributed by atoms with Crippen LogP contribution in [0, 0.1) is 12.7 Å². The van der Waals surface area contributed by atoms with E-state index in [0.29, 0.717) is 29.7 Å². The standard InChI is InChI=1S/C18H24BrFN2O3/c1-11-10-21(17(24)25-18(3,4)5)8-9-22(11)16(23)15-12(2)13(19)6-7-14(15)20/h6-7,11H,8-10H2,1-5H3. The van der Waals surface area contributed by atoms with Crippen molar-refractivity contribution < 1.29 is 18.7 Å². The normalized spacial score (nSPS) is 18.3. The molecule has 1 aliphatic heterocycles. The molecule has 1 saturated heterocycles. The largest absolute Gasteiger partial charge is 0.444 e. The second-order valence-corrected chi connectivity index (χ2v) is 8.16. The molecular weight excluding hydrogens is 391 g/mol. The molecule has 7 heteroatoms. The average molecular weight is 415 g/mol. The van der Waals surface area contributed by atoms with Crippen molar-refractivity contribution >= 4 is 27.9 Å². The first kappa shape index (κ1) is 19.7. The van der Waals surface area contributed by atoms with Crippen molar-refractivity contribution in [2.24, 2.45) is 0 Å². The highest BCUT2D eigenvalue weighted by atomic mass is 79.9. The molecule has 1 aliphatic rings. The van der Waals surface area contributed by atoms with Crippen LogP contribution in [0.5, 0.6) is 0 Å². The zero-order chi connectivity index (χ0) is 18.9. The molecule has 1 aromatic rings. The Morgan fingerprint density at radius 2 is 1.92 bits per heavy atom. The highest BCUT2D eigenvalue weighted by Crippen LogP contribution is 2.25. The van der Waals surface area contributed by atoms with E-state index in [2.05, 4.69) is 15.9 Å². The first-order valence-electron chi connectivity index (χ1n) is 8.24. The van der Waals surface area contributed by atoms with Gasteiger partial charge in [0.1, 0.15) is 11.4 Å². The van der Waals surface area contributed by atoms with E-state index in [9.17, 15) is 14.0 Å². The van der Waals surface area contributed by atoms with Crippen LogP contribution in [0.3, 0.4) is 0 Å². The molecule has 1 unspecified atom stereocenters. The van der Waals surface area contributed by atoms with Crippen LogP contribution in [-0.4, -0.2) is 53.1 Å². The van der Waals surface area contributed by atoms with Crippen molar-refractivity contribution in [3.63, 3.8) is 0 Å². The van der Waals surface area contributed by atoms with E-state index in [1.807, 2.05) is 27.7 Å². The molecule has 0 radical (unpaired) electrons. The first-order valence-corrected chi connectivity index (χ1v) is 9.04. The summed E-state index contributed by atoms with van der Waals surface area (Å²) in [7, 11) is 0. The summed E-state index contributed by atoms with van der Waals surface area (Å²) in [5, 5.41) is 0. The van der Waals surface area contributed by atoms with Crippen molar-refractivity contribution in [1.29, 1.82) is 0 Å². The smallest absolute Gasteiger partial charge is 0.410 e. The quantitative estimate of drug-likeness (QED) is 0.698. The van der Waals surface area contributed by atoms with Crippen LogP contribution in [0.25, 0.3) is 0 Å². The number of nitrogens with zero attached hydrogens (tertiary/aromatic N) is 2. The third-order valence-corrected chi connectivity index (χ3v) is 4.96. The summed E-state index contributed by atoms with van der Waals surface area (Å²) in [6.07, 6.45) is -0.392. The van der Waals surface area contributed by atoms with Gasteiger partial charge in [0, 0.05) is 30.1 Å². The predicted molar refractivity (Wildman–Crippen MR) is 97.1 cm³/mol. The predicted octanol–water partition coefficient (Wildman–Crippen LogP) is 3.98. The molecule has 1 heterocycles. The Labute approximate surface area is 156 Å². The second-order valence-electron chi connectivity index (χ2n) is 7.30. The number of amides is 2. The summed E-state index contributed by atoms with van der Waals surface area (Å²) in [5.41, 5.74) is 0.0859. The van der Waals surface area contributed by atoms with Crippen LogP contribution in [0.1, 0.15) is 43.6 Å². The monoisotopic (exact) mass is 414 g/mol. The molecule has 2 rings (SSSR count). The maximum absolute atomic E-state index is 14.2. The van der Waals surface area contributed by atoms with E-state index in [4.69, 9.17) is 4.74 Å². The van der Waals surface area contributed by atoms with Crippen LogP contribution >= 0.6 is 15.9 Å². The van der Waals surface area contributed by atoms with Gasteiger partial charge in [0.05, 0.1) is 5.56 Å². The fourth-order valence-corrected chi connectivity index (χ4v) is 3.14. The van der Waals surface area contributed by atoms with Gasteiger partial charge in [0.15, 0.2) is 0 Å². The van der Waals surface area contributed by atoms with Gasteiger partial charge in [-0.1, -0.05) is 15.9 Å². The van der Waals surface area contributed by atoms with E-state index in [1.165, 1.54) is 6.07 Å². The molecule has 0 saturated carbocycles. The van der Waals surface area contributed by atoms with Gasteiger partial charge in [-0.25, -0.2) is 9.18 Å². The SMILES string of the molecule is Cc1c(Br)ccc(F)c1C(=O)N1CCN(C(=O)OC(C)(C)C)CC1C. The van der Waals surface area contributed by atoms with Crippen LogP contribution < -0.4 is 0 Å². The summed E-state index contributed by atoms with van der Waals surface area (Å²) in [6, 6.07) is 2.64. The van der Waals surface area contributed by atoms with E-state index in [0.717, 1.165) is 0 Å². The summed E-state index contributed by atoms with van der Waals surface area (Å²) in [6.45, 7) is 10.0. The third-order valence-electron chi connectivity index (χ3n) is 4.10. The Morgan fingerprint density at radius 1 is 1.28 bits per heavy atom. The molecule has 1 fully saturated rings. The van der Waals surface area contributed by atoms with Crippen LogP contribution in [-0.2, 0) is 4.74 Å². The average Bonchev–Trinajstić information content (AvgIpc) is 2.49. The van der Waals surface area contributed by atoms with Gasteiger partial charge in [-0.2, -0.15) is 0 Å². The molecule has 5 nitrogen and oxygen atoms in total. The molecule has 25 heavy (non-hydrogen) atoms. The lowest BCUT2D eigenvalue weighted by atomic mass is 10.0. The summed E-state index contributed by atoms with van der Waals surface area (Å²) < 4.78 is 20.3. The summed E-state index contributed by atoms with van der Waals surface area (Å²) in [5.74, 6) is -0.889. The number of benzene rings is 1. The van der Waals surface area contributed by atoms with Crippen LogP contribution in [0.2, 0.25) is 0 Å². The van der Waals surface area contributed by atoms with Gasteiger partial charge < -0.3 is 14.5 Å². The summed E-state index contributed by atoms with van der Waals surface area (Å²) >= 11 is 3.34. The fraction of sp³-hybridized carbons (Fsp3) is 0.556. The van der Waals surface area contributed by atoms with Gasteiger partial charge >= 0.3 is 6.09 Å². The van der Waals surface area contributed by atoms with Crippen molar-refractivity contribution in [1.82, 2.24) is 9.80 Å². The highest BCUT2D eigenvalue weighted by Gasteiger charge is 2.33. The molecule has 0 spiro atoms. The zero-order valence-corrected chi connectivity index (χ0v) is 16.8. The Kier molecular flexibility index (Phi) is 5.76. The number of carbonyl (C=O) groups is 2. The Bertz CT molecular complexity index is 688. The number of hydrogen-bond acceptors (Lipinski definition) is 3. The van der Waals surface area contributed by atoms with Crippen molar-refractivity contribution in [2.75, 3.05) is 19.6 Å². The second kappa shape index (κ2) is 7.32. The van der Waals surface area contributed by atoms with Crippen LogP contribution in [0.4, 0.5) is 9.18 Å².